The van der Waals surface area contributed by atoms with Crippen molar-refractivity contribution in [3.05, 3.63) is 0 Å². The van der Waals surface area contributed by atoms with Gasteiger partial charge >= 0.3 is 0 Å². The lowest BCUT2D eigenvalue weighted by atomic mass is 9.81. The van der Waals surface area contributed by atoms with Crippen molar-refractivity contribution in [2.45, 2.75) is 18.5 Å². The molecule has 0 aromatic heterocycles. The number of hydrogen-bond acceptors (Lipinski definition) is 3. The summed E-state index contributed by atoms with van der Waals surface area (Å²) in [4.78, 5) is 15.5. The molecule has 0 aromatic rings. The van der Waals surface area contributed by atoms with Crippen molar-refractivity contribution in [3.8, 4) is 0 Å². The van der Waals surface area contributed by atoms with Crippen LogP contribution in [0.1, 0.15) is 6.42 Å². The minimum atomic E-state index is 0.227. The second kappa shape index (κ2) is 2.96. The van der Waals surface area contributed by atoms with Crippen LogP contribution in [0.3, 0.4) is 0 Å². The Labute approximate surface area is 78.7 Å². The Kier molecular flexibility index (Phi) is 2.04. The molecule has 3 rings (SSSR count). The summed E-state index contributed by atoms with van der Waals surface area (Å²) < 4.78 is 0. The molecule has 0 aromatic carbocycles. The Bertz CT molecular complexity index is 229. The Morgan fingerprint density at radius 1 is 1.62 bits per heavy atom. The Hall–Kier alpha value is -0.610. The van der Waals surface area contributed by atoms with Crippen LogP contribution in [0.5, 0.6) is 0 Å². The van der Waals surface area contributed by atoms with Gasteiger partial charge in [0.1, 0.15) is 0 Å². The van der Waals surface area contributed by atoms with E-state index < -0.39 is 0 Å². The first-order chi connectivity index (χ1) is 6.09. The number of nitrogens with zero attached hydrogens (tertiary/aromatic N) is 2. The van der Waals surface area contributed by atoms with Crippen molar-refractivity contribution in [2.24, 2.45) is 11.7 Å². The summed E-state index contributed by atoms with van der Waals surface area (Å²) in [6.45, 7) is 1.40. The van der Waals surface area contributed by atoms with Gasteiger partial charge < -0.3 is 15.5 Å². The van der Waals surface area contributed by atoms with Gasteiger partial charge in [-0.25, -0.2) is 0 Å². The summed E-state index contributed by atoms with van der Waals surface area (Å²) in [5.41, 5.74) is 5.88. The van der Waals surface area contributed by atoms with E-state index in [9.17, 15) is 4.79 Å². The molecule has 4 heteroatoms. The maximum atomic E-state index is 11.7. The third-order valence-electron chi connectivity index (χ3n) is 3.14. The highest BCUT2D eigenvalue weighted by molar-refractivity contribution is 5.79. The fourth-order valence-electron chi connectivity index (χ4n) is 2.31. The van der Waals surface area contributed by atoms with Crippen LogP contribution in [0.4, 0.5) is 0 Å². The Morgan fingerprint density at radius 3 is 2.69 bits per heavy atom. The van der Waals surface area contributed by atoms with Crippen molar-refractivity contribution in [1.29, 1.82) is 0 Å². The van der Waals surface area contributed by atoms with Gasteiger partial charge in [-0.3, -0.25) is 4.79 Å². The number of carbonyl (C=O) groups excluding carboxylic acids is 1. The minimum Gasteiger partial charge on any atom is -0.337 e. The molecule has 2 heterocycles. The molecule has 13 heavy (non-hydrogen) atoms. The Morgan fingerprint density at radius 2 is 2.31 bits per heavy atom. The predicted molar refractivity (Wildman–Crippen MR) is 50.1 cm³/mol. The number of rotatable bonds is 2. The quantitative estimate of drug-likeness (QED) is 0.604. The van der Waals surface area contributed by atoms with Gasteiger partial charge in [-0.15, -0.1) is 0 Å². The van der Waals surface area contributed by atoms with Crippen LogP contribution in [-0.4, -0.2) is 55.0 Å². The molecule has 4 nitrogen and oxygen atoms in total. The van der Waals surface area contributed by atoms with Gasteiger partial charge in [-0.05, 0) is 26.4 Å². The van der Waals surface area contributed by atoms with Crippen molar-refractivity contribution >= 4 is 5.91 Å². The fourth-order valence-corrected chi connectivity index (χ4v) is 2.31. The summed E-state index contributed by atoms with van der Waals surface area (Å²) in [6.07, 6.45) is 1.13. The second-order valence-electron chi connectivity index (χ2n) is 4.42. The molecule has 1 saturated carbocycles. The third-order valence-corrected chi connectivity index (χ3v) is 3.14. The molecular weight excluding hydrogens is 166 g/mol. The van der Waals surface area contributed by atoms with Crippen molar-refractivity contribution in [3.63, 3.8) is 0 Å². The highest BCUT2D eigenvalue weighted by atomic mass is 16.2. The average molecular weight is 183 g/mol. The summed E-state index contributed by atoms with van der Waals surface area (Å²) in [7, 11) is 3.83. The van der Waals surface area contributed by atoms with Crippen molar-refractivity contribution < 1.29 is 4.79 Å². The summed E-state index contributed by atoms with van der Waals surface area (Å²) >= 11 is 0. The van der Waals surface area contributed by atoms with Gasteiger partial charge in [0.05, 0.1) is 6.54 Å². The predicted octanol–water partition coefficient (Wildman–Crippen LogP) is -0.894. The molecule has 3 aliphatic rings. The second-order valence-corrected chi connectivity index (χ2v) is 4.42. The highest BCUT2D eigenvalue weighted by Crippen LogP contribution is 2.39. The molecule has 3 unspecified atom stereocenters. The highest BCUT2D eigenvalue weighted by Gasteiger charge is 2.51. The van der Waals surface area contributed by atoms with Crippen LogP contribution in [-0.2, 0) is 4.79 Å². The van der Waals surface area contributed by atoms with Gasteiger partial charge in [0, 0.05) is 18.6 Å². The van der Waals surface area contributed by atoms with Crippen LogP contribution >= 0.6 is 0 Å². The van der Waals surface area contributed by atoms with E-state index >= 15 is 0 Å². The number of nitrogens with two attached hydrogens (primary N) is 1. The molecule has 0 spiro atoms. The van der Waals surface area contributed by atoms with E-state index in [0.29, 0.717) is 18.5 Å². The van der Waals surface area contributed by atoms with E-state index in [4.69, 9.17) is 5.73 Å². The first-order valence-electron chi connectivity index (χ1n) is 4.79. The molecular formula is C9H17N3O. The molecule has 2 N–H and O–H groups in total. The summed E-state index contributed by atoms with van der Waals surface area (Å²) in [6, 6.07) is 0.601. The van der Waals surface area contributed by atoms with E-state index in [1.165, 1.54) is 0 Å². The normalized spacial score (nSPS) is 36.6. The van der Waals surface area contributed by atoms with Crippen LogP contribution < -0.4 is 5.73 Å². The van der Waals surface area contributed by atoms with E-state index in [1.807, 2.05) is 23.9 Å². The third kappa shape index (κ3) is 1.34. The molecule has 2 saturated heterocycles. The van der Waals surface area contributed by atoms with Gasteiger partial charge in [0.25, 0.3) is 0 Å². The van der Waals surface area contributed by atoms with Gasteiger partial charge in [0.2, 0.25) is 5.91 Å². The standard InChI is InChI=1S/C9H17N3O/c1-11(2)5-8(13)12-4-6-3-7(12)9(6)10/h6-7,9H,3-5,10H2,1-2H3. The zero-order valence-corrected chi connectivity index (χ0v) is 8.23. The molecule has 1 aliphatic carbocycles. The number of likely N-dealkylation sites (N-methyl/N-ethyl adjacent to an activating group) is 1. The number of amides is 1. The molecule has 3 fully saturated rings. The topological polar surface area (TPSA) is 49.6 Å². The maximum Gasteiger partial charge on any atom is 0.237 e. The lowest BCUT2D eigenvalue weighted by molar-refractivity contribution is -0.132. The number of carbonyl (C=O) groups is 1. The largest absolute Gasteiger partial charge is 0.337 e. The first-order valence-corrected chi connectivity index (χ1v) is 4.79. The zero-order chi connectivity index (χ0) is 9.59. The van der Waals surface area contributed by atoms with Gasteiger partial charge in [-0.2, -0.15) is 0 Å². The molecule has 0 radical (unpaired) electrons. The minimum absolute atomic E-state index is 0.227. The number of hydrogen-bond donors (Lipinski definition) is 1. The van der Waals surface area contributed by atoms with Crippen molar-refractivity contribution in [1.82, 2.24) is 9.80 Å². The fraction of sp³-hybridized carbons (Fsp3) is 0.889. The van der Waals surface area contributed by atoms with Crippen LogP contribution in [0, 0.1) is 5.92 Å². The van der Waals surface area contributed by atoms with Crippen LogP contribution in [0.25, 0.3) is 0 Å². The van der Waals surface area contributed by atoms with E-state index in [2.05, 4.69) is 0 Å². The SMILES string of the molecule is CN(C)CC(=O)N1CC2CC1C2N. The maximum absolute atomic E-state index is 11.7. The van der Waals surface area contributed by atoms with E-state index in [1.54, 1.807) is 0 Å². The van der Waals surface area contributed by atoms with Crippen LogP contribution in [0.15, 0.2) is 0 Å². The molecule has 1 amide bonds. The smallest absolute Gasteiger partial charge is 0.237 e. The molecule has 3 atom stereocenters. The molecule has 2 bridgehead atoms. The molecule has 2 aliphatic heterocycles. The Balaban J connectivity index is 1.92. The van der Waals surface area contributed by atoms with E-state index in [-0.39, 0.29) is 11.9 Å². The van der Waals surface area contributed by atoms with Gasteiger partial charge in [0.15, 0.2) is 0 Å². The monoisotopic (exact) mass is 183 g/mol. The van der Waals surface area contributed by atoms with Crippen LogP contribution in [0.2, 0.25) is 0 Å². The number of fused-ring (bicyclic) bond motifs is 1. The first kappa shape index (κ1) is 8.97. The van der Waals surface area contributed by atoms with Crippen molar-refractivity contribution in [2.75, 3.05) is 27.2 Å². The average Bonchev–Trinajstić information content (AvgIpc) is 2.58. The zero-order valence-electron chi connectivity index (χ0n) is 8.23. The molecule has 74 valence electrons. The van der Waals surface area contributed by atoms with E-state index in [0.717, 1.165) is 13.0 Å². The summed E-state index contributed by atoms with van der Waals surface area (Å²) in [5.74, 6) is 0.807. The summed E-state index contributed by atoms with van der Waals surface area (Å²) in [5, 5.41) is 0. The lowest BCUT2D eigenvalue weighted by Crippen LogP contribution is -2.51. The van der Waals surface area contributed by atoms with Gasteiger partial charge in [-0.1, -0.05) is 0 Å². The lowest BCUT2D eigenvalue weighted by Gasteiger charge is -2.33.